The van der Waals surface area contributed by atoms with E-state index >= 15 is 0 Å². The fraction of sp³-hybridized carbons (Fsp3) is 0. The Balaban J connectivity index is -0.0000000174. The molecule has 0 unspecified atom stereocenters. The summed E-state index contributed by atoms with van der Waals surface area (Å²) in [5.74, 6) is 0. The molecule has 0 spiro atoms. The molecule has 0 aromatic heterocycles. The molecule has 13 nitrogen and oxygen atoms in total. The van der Waals surface area contributed by atoms with Crippen LogP contribution in [-0.2, 0) is 0 Å². The first kappa shape index (κ1) is 37.0. The third kappa shape index (κ3) is 1360. The minimum Gasteiger partial charge on any atom is -0.444 e. The van der Waals surface area contributed by atoms with Gasteiger partial charge in [0.15, 0.2) is 0 Å². The van der Waals surface area contributed by atoms with Crippen molar-refractivity contribution in [3.63, 3.8) is 0 Å². The quantitative estimate of drug-likeness (QED) is 0.186. The summed E-state index contributed by atoms with van der Waals surface area (Å²) in [7, 11) is 0. The molecule has 0 fully saturated rings. The molecule has 0 bridgehead atoms. The Morgan fingerprint density at radius 1 is 0.800 bits per heavy atom. The molecule has 0 amide bonds. The predicted molar refractivity (Wildman–Crippen MR) is 43.6 cm³/mol. The van der Waals surface area contributed by atoms with Crippen LogP contribution in [0.2, 0.25) is 0 Å². The van der Waals surface area contributed by atoms with Crippen molar-refractivity contribution in [3.05, 3.63) is 45.7 Å². The van der Waals surface area contributed by atoms with Crippen LogP contribution in [0.3, 0.4) is 0 Å². The summed E-state index contributed by atoms with van der Waals surface area (Å²) in [5.41, 5.74) is 0. The van der Waals surface area contributed by atoms with Gasteiger partial charge in [-0.15, -0.1) is 16.0 Å². The van der Waals surface area contributed by atoms with Crippen LogP contribution in [0.4, 0.5) is 0 Å². The Labute approximate surface area is 113 Å². The van der Waals surface area contributed by atoms with Crippen LogP contribution in [0.5, 0.6) is 0 Å². The Morgan fingerprint density at radius 3 is 0.800 bits per heavy atom. The summed E-state index contributed by atoms with van der Waals surface area (Å²) < 4.78 is 0. The van der Waals surface area contributed by atoms with Gasteiger partial charge in [-0.3, -0.25) is 0 Å². The smallest absolute Gasteiger partial charge is 0.444 e. The van der Waals surface area contributed by atoms with Gasteiger partial charge in [-0.05, 0) is 0 Å². The zero-order chi connectivity index (χ0) is 11.7. The van der Waals surface area contributed by atoms with Crippen molar-refractivity contribution in [2.45, 2.75) is 0 Å². The van der Waals surface area contributed by atoms with E-state index in [0.29, 0.717) is 0 Å². The number of hydrogen-bond acceptors (Lipinski definition) is 12. The zero-order valence-electron chi connectivity index (χ0n) is 7.04. The monoisotopic (exact) mass is 250 g/mol. The van der Waals surface area contributed by atoms with Gasteiger partial charge in [-0.1, -0.05) is 0 Å². The molecule has 0 aliphatic carbocycles. The summed E-state index contributed by atoms with van der Waals surface area (Å²) in [6.07, 6.45) is 0. The van der Waals surface area contributed by atoms with Gasteiger partial charge in [-0.2, -0.15) is 0 Å². The fourth-order valence-electron chi connectivity index (χ4n) is 0. The van der Waals surface area contributed by atoms with Gasteiger partial charge in [0.2, 0.25) is 0 Å². The third-order valence-corrected chi connectivity index (χ3v) is 0. The first-order valence-corrected chi connectivity index (χ1v) is 1.64. The maximum atomic E-state index is 8.25. The maximum absolute atomic E-state index is 8.25. The molecular weight excluding hydrogens is 250 g/mol. The Hall–Kier alpha value is -1.07. The third-order valence-electron chi connectivity index (χ3n) is 0. The van der Waals surface area contributed by atoms with Gasteiger partial charge in [-0.25, -0.2) is 0 Å². The maximum Gasteiger partial charge on any atom is 3.00 e. The van der Waals surface area contributed by atoms with Crippen molar-refractivity contribution < 1.29 is 34.6 Å². The van der Waals surface area contributed by atoms with Crippen molar-refractivity contribution in [2.75, 3.05) is 0 Å². The Kier molecular flexibility index (Phi) is 187. The molecule has 0 saturated carbocycles. The fourth-order valence-corrected chi connectivity index (χ4v) is 0. The van der Waals surface area contributed by atoms with Crippen molar-refractivity contribution in [1.82, 2.24) is 0 Å². The average Bonchev–Trinajstić information content (AvgIpc) is 1.88. The molecule has 0 N–H and O–H groups in total. The second-order valence-corrected chi connectivity index (χ2v) is 0.447. The molecule has 0 rings (SSSR count). The van der Waals surface area contributed by atoms with Crippen LogP contribution >= 0.6 is 0 Å². The molecule has 0 aromatic carbocycles. The van der Waals surface area contributed by atoms with Gasteiger partial charge >= 0.3 is 46.9 Å². The Morgan fingerprint density at radius 2 is 0.800 bits per heavy atom. The van der Waals surface area contributed by atoms with Crippen LogP contribution in [0.25, 0.3) is 0 Å². The van der Waals surface area contributed by atoms with Gasteiger partial charge < -0.3 is 45.7 Å². The van der Waals surface area contributed by atoms with E-state index in [4.69, 9.17) is 45.7 Å². The average molecular weight is 250 g/mol. The molecule has 0 atom stereocenters. The second-order valence-electron chi connectivity index (χ2n) is 0.447. The summed E-state index contributed by atoms with van der Waals surface area (Å²) in [4.78, 5) is 32.2. The van der Waals surface area contributed by atoms with Crippen LogP contribution in [0.1, 0.15) is 0 Å². The molecule has 0 radical (unpaired) electrons. The first-order valence-electron chi connectivity index (χ1n) is 1.64. The van der Waals surface area contributed by atoms with Crippen molar-refractivity contribution in [3.8, 4) is 0 Å². The van der Waals surface area contributed by atoms with E-state index in [-0.39, 0.29) is 46.9 Å². The molecular formula is AlN4NaO9. The van der Waals surface area contributed by atoms with E-state index in [1.165, 1.54) is 0 Å². The predicted octanol–water partition coefficient (Wildman–Crippen LogP) is -2.86. The molecule has 15 heteroatoms. The van der Waals surface area contributed by atoms with Crippen molar-refractivity contribution >= 4 is 17.4 Å². The minimum absolute atomic E-state index is 0. The number of rotatable bonds is 0. The molecule has 0 heterocycles. The van der Waals surface area contributed by atoms with Gasteiger partial charge in [0.05, 0.1) is 5.09 Å². The molecule has 0 aliphatic heterocycles. The van der Waals surface area contributed by atoms with Crippen LogP contribution < -0.4 is 29.6 Å². The summed E-state index contributed by atoms with van der Waals surface area (Å²) in [6.45, 7) is 0. The number of nitrogens with zero attached hydrogens (tertiary/aromatic N) is 4. The van der Waals surface area contributed by atoms with E-state index in [1.54, 1.807) is 0 Å². The molecule has 15 heavy (non-hydrogen) atoms. The van der Waals surface area contributed by atoms with E-state index < -0.39 is 5.09 Å². The van der Waals surface area contributed by atoms with Crippen LogP contribution in [0, 0.1) is 45.7 Å². The number of hydrogen-bond donors (Lipinski definition) is 0. The molecule has 0 aliphatic rings. The van der Waals surface area contributed by atoms with Gasteiger partial charge in [0, 0.05) is 0 Å². The summed E-state index contributed by atoms with van der Waals surface area (Å²) >= 11 is 0. The standard InChI is InChI=1S/Al.NO3.3HNO2.Na/c;2-1(3)4;3*2-1-3;/h;;3*(H,2,3);/q+3;-1;;;;+1/p-3. The van der Waals surface area contributed by atoms with Crippen molar-refractivity contribution in [1.29, 1.82) is 0 Å². The van der Waals surface area contributed by atoms with E-state index in [2.05, 4.69) is 0 Å². The molecule has 0 saturated heterocycles. The minimum atomic E-state index is -1.75. The Bertz CT molecular complexity index is 111. The van der Waals surface area contributed by atoms with E-state index in [9.17, 15) is 0 Å². The molecule has 0 aromatic rings. The summed E-state index contributed by atoms with van der Waals surface area (Å²) in [6, 6.07) is 0. The molecule has 78 valence electrons. The van der Waals surface area contributed by atoms with E-state index in [1.807, 2.05) is 0 Å². The normalized spacial score (nSPS) is 4.00. The first-order chi connectivity index (χ1) is 5.97. The topological polar surface area (TPSA) is 224 Å². The van der Waals surface area contributed by atoms with E-state index in [0.717, 1.165) is 16.0 Å². The van der Waals surface area contributed by atoms with Crippen molar-refractivity contribution in [2.24, 2.45) is 16.0 Å². The van der Waals surface area contributed by atoms with Gasteiger partial charge in [0.25, 0.3) is 0 Å². The SMILES string of the molecule is O=N[O-].O=N[O-].O=N[O-].O=[N+]([O-])[O-].[Al+3].[Na+]. The zero-order valence-corrected chi connectivity index (χ0v) is 10.2. The largest absolute Gasteiger partial charge is 3.00 e. The van der Waals surface area contributed by atoms with Crippen LogP contribution in [0.15, 0.2) is 16.0 Å². The van der Waals surface area contributed by atoms with Gasteiger partial charge in [0.1, 0.15) is 0 Å². The second kappa shape index (κ2) is 75.7. The van der Waals surface area contributed by atoms with Crippen LogP contribution in [-0.4, -0.2) is 22.4 Å². The summed E-state index contributed by atoms with van der Waals surface area (Å²) in [5, 5.41) is 41.8.